The summed E-state index contributed by atoms with van der Waals surface area (Å²) in [6.45, 7) is 3.90. The summed E-state index contributed by atoms with van der Waals surface area (Å²) in [6, 6.07) is 6.64. The van der Waals surface area contributed by atoms with Crippen LogP contribution in [0.3, 0.4) is 0 Å². The smallest absolute Gasteiger partial charge is 0.211 e. The molecule has 3 nitrogen and oxygen atoms in total. The minimum atomic E-state index is -0.429. The maximum absolute atomic E-state index is 6.22. The molecule has 3 heteroatoms. The van der Waals surface area contributed by atoms with Crippen LogP contribution in [0.2, 0.25) is 0 Å². The van der Waals surface area contributed by atoms with Crippen LogP contribution in [0.5, 0.6) is 0 Å². The highest BCUT2D eigenvalue weighted by Crippen LogP contribution is 2.50. The molecule has 1 aromatic carbocycles. The Morgan fingerprint density at radius 2 is 2.32 bits per heavy atom. The number of hydrogen-bond acceptors (Lipinski definition) is 2. The number of aryl methyl sites for hydroxylation is 2. The van der Waals surface area contributed by atoms with E-state index in [9.17, 15) is 0 Å². The molecule has 0 N–H and O–H groups in total. The monoisotopic (exact) mass is 255 g/mol. The van der Waals surface area contributed by atoms with Gasteiger partial charge in [0.1, 0.15) is 6.10 Å². The van der Waals surface area contributed by atoms with Crippen LogP contribution in [0.25, 0.3) is 10.9 Å². The van der Waals surface area contributed by atoms with Gasteiger partial charge in [-0.05, 0) is 30.9 Å². The van der Waals surface area contributed by atoms with Gasteiger partial charge in [-0.3, -0.25) is 0 Å². The molecular weight excluding hydrogens is 238 g/mol. The number of nitrogens with zero attached hydrogens (tertiary/aromatic N) is 1. The maximum Gasteiger partial charge on any atom is 0.211 e. The van der Waals surface area contributed by atoms with Crippen LogP contribution in [-0.2, 0) is 28.2 Å². The molecule has 2 aliphatic heterocycles. The van der Waals surface area contributed by atoms with Gasteiger partial charge in [-0.25, -0.2) is 0 Å². The van der Waals surface area contributed by atoms with Crippen LogP contribution in [0, 0.1) is 6.92 Å². The zero-order valence-electron chi connectivity index (χ0n) is 11.1. The van der Waals surface area contributed by atoms with E-state index in [1.807, 2.05) is 0 Å². The van der Waals surface area contributed by atoms with Gasteiger partial charge in [0, 0.05) is 11.8 Å². The minimum Gasteiger partial charge on any atom is -0.342 e. The van der Waals surface area contributed by atoms with Crippen molar-refractivity contribution in [3.63, 3.8) is 0 Å². The summed E-state index contributed by atoms with van der Waals surface area (Å²) in [5.74, 6) is -0.429. The average Bonchev–Trinajstić information content (AvgIpc) is 2.90. The van der Waals surface area contributed by atoms with Crippen LogP contribution in [0.1, 0.15) is 29.7 Å². The van der Waals surface area contributed by atoms with Crippen LogP contribution in [0.4, 0.5) is 0 Å². The van der Waals surface area contributed by atoms with E-state index in [1.54, 1.807) is 0 Å². The Hall–Kier alpha value is -1.32. The molecule has 3 heterocycles. The summed E-state index contributed by atoms with van der Waals surface area (Å²) in [4.78, 5) is 0. The summed E-state index contributed by atoms with van der Waals surface area (Å²) in [6.07, 6.45) is 3.55. The molecule has 0 saturated carbocycles. The number of hydrogen-bond donors (Lipinski definition) is 0. The Kier molecular flexibility index (Phi) is 1.77. The minimum absolute atomic E-state index is 0.230. The lowest BCUT2D eigenvalue weighted by molar-refractivity contribution is -0.201. The van der Waals surface area contributed by atoms with Crippen molar-refractivity contribution in [3.05, 3.63) is 35.0 Å². The predicted molar refractivity (Wildman–Crippen MR) is 72.1 cm³/mol. The molecule has 5 rings (SSSR count). The molecule has 2 aromatic rings. The van der Waals surface area contributed by atoms with Crippen LogP contribution < -0.4 is 0 Å². The third-order valence-electron chi connectivity index (χ3n) is 4.93. The molecule has 1 spiro atoms. The Morgan fingerprint density at radius 3 is 3.26 bits per heavy atom. The third-order valence-corrected chi connectivity index (χ3v) is 4.93. The number of para-hydroxylation sites is 1. The standard InChI is InChI=1S/C16H17NO2/c1-10-4-2-5-12-13-6-3-7-16-15(13)17(14(10)12)8-11(19-16)9-18-16/h2,4-5,11H,3,6-9H2,1H3. The molecule has 2 bridgehead atoms. The average molecular weight is 255 g/mol. The molecule has 0 amide bonds. The van der Waals surface area contributed by atoms with Gasteiger partial charge in [-0.15, -0.1) is 0 Å². The van der Waals surface area contributed by atoms with E-state index in [0.29, 0.717) is 0 Å². The zero-order valence-corrected chi connectivity index (χ0v) is 11.1. The van der Waals surface area contributed by atoms with Gasteiger partial charge in [0.25, 0.3) is 0 Å². The quantitative estimate of drug-likeness (QED) is 0.722. The van der Waals surface area contributed by atoms with Crippen molar-refractivity contribution in [2.45, 2.75) is 44.6 Å². The number of rotatable bonds is 0. The molecule has 2 atom stereocenters. The van der Waals surface area contributed by atoms with Crippen molar-refractivity contribution in [1.82, 2.24) is 4.57 Å². The van der Waals surface area contributed by atoms with Crippen molar-refractivity contribution in [2.75, 3.05) is 6.61 Å². The second kappa shape index (κ2) is 3.22. The first-order chi connectivity index (χ1) is 9.28. The number of aromatic nitrogens is 1. The van der Waals surface area contributed by atoms with E-state index >= 15 is 0 Å². The highest BCUT2D eigenvalue weighted by molar-refractivity contribution is 5.89. The van der Waals surface area contributed by atoms with E-state index in [4.69, 9.17) is 9.47 Å². The van der Waals surface area contributed by atoms with E-state index in [-0.39, 0.29) is 6.10 Å². The number of fused-ring (bicyclic) bond motifs is 4. The summed E-state index contributed by atoms with van der Waals surface area (Å²) in [7, 11) is 0. The van der Waals surface area contributed by atoms with Crippen LogP contribution in [-0.4, -0.2) is 17.3 Å². The van der Waals surface area contributed by atoms with Crippen molar-refractivity contribution in [3.8, 4) is 0 Å². The topological polar surface area (TPSA) is 23.4 Å². The van der Waals surface area contributed by atoms with E-state index in [1.165, 1.54) is 27.7 Å². The van der Waals surface area contributed by atoms with Gasteiger partial charge < -0.3 is 14.0 Å². The molecule has 1 fully saturated rings. The van der Waals surface area contributed by atoms with Crippen molar-refractivity contribution >= 4 is 10.9 Å². The molecule has 1 saturated heterocycles. The lowest BCUT2D eigenvalue weighted by Crippen LogP contribution is -2.39. The molecule has 1 aromatic heterocycles. The first-order valence-corrected chi connectivity index (χ1v) is 7.21. The fourth-order valence-electron chi connectivity index (χ4n) is 4.26. The van der Waals surface area contributed by atoms with Gasteiger partial charge in [-0.2, -0.15) is 0 Å². The van der Waals surface area contributed by atoms with Crippen molar-refractivity contribution < 1.29 is 9.47 Å². The van der Waals surface area contributed by atoms with E-state index in [0.717, 1.165) is 32.4 Å². The van der Waals surface area contributed by atoms with Crippen molar-refractivity contribution in [2.24, 2.45) is 0 Å². The third kappa shape index (κ3) is 1.12. The summed E-state index contributed by atoms with van der Waals surface area (Å²) >= 11 is 0. The molecule has 19 heavy (non-hydrogen) atoms. The fraction of sp³-hybridized carbons (Fsp3) is 0.500. The van der Waals surface area contributed by atoms with Gasteiger partial charge in [0.15, 0.2) is 0 Å². The Morgan fingerprint density at radius 1 is 1.37 bits per heavy atom. The highest BCUT2D eigenvalue weighted by Gasteiger charge is 2.52. The summed E-state index contributed by atoms with van der Waals surface area (Å²) in [5.41, 5.74) is 5.54. The van der Waals surface area contributed by atoms with Crippen LogP contribution in [0.15, 0.2) is 18.2 Å². The molecule has 2 unspecified atom stereocenters. The molecular formula is C16H17NO2. The second-order valence-electron chi connectivity index (χ2n) is 6.07. The van der Waals surface area contributed by atoms with E-state index in [2.05, 4.69) is 29.7 Å². The highest BCUT2D eigenvalue weighted by atomic mass is 16.7. The lowest BCUT2D eigenvalue weighted by atomic mass is 9.90. The maximum atomic E-state index is 6.22. The summed E-state index contributed by atoms with van der Waals surface area (Å²) < 4.78 is 14.8. The van der Waals surface area contributed by atoms with E-state index < -0.39 is 5.79 Å². The predicted octanol–water partition coefficient (Wildman–Crippen LogP) is 2.87. The Bertz CT molecular complexity index is 698. The molecule has 0 radical (unpaired) electrons. The molecule has 1 aliphatic carbocycles. The molecule has 98 valence electrons. The Labute approximate surface area is 112 Å². The first kappa shape index (κ1) is 10.5. The largest absolute Gasteiger partial charge is 0.342 e. The van der Waals surface area contributed by atoms with Gasteiger partial charge in [0.2, 0.25) is 5.79 Å². The van der Waals surface area contributed by atoms with Gasteiger partial charge in [-0.1, -0.05) is 18.2 Å². The SMILES string of the molecule is Cc1cccc2c3c4n(c12)CC1COC4(CCC3)O1. The number of benzene rings is 1. The Balaban J connectivity index is 1.96. The summed E-state index contributed by atoms with van der Waals surface area (Å²) in [5, 5.41) is 1.41. The zero-order chi connectivity index (χ0) is 12.6. The van der Waals surface area contributed by atoms with Gasteiger partial charge >= 0.3 is 0 Å². The first-order valence-electron chi connectivity index (χ1n) is 7.21. The second-order valence-corrected chi connectivity index (χ2v) is 6.07. The molecule has 3 aliphatic rings. The normalized spacial score (nSPS) is 31.7. The van der Waals surface area contributed by atoms with Gasteiger partial charge in [0.05, 0.1) is 24.4 Å². The number of ether oxygens (including phenoxy) is 2. The van der Waals surface area contributed by atoms with Crippen molar-refractivity contribution in [1.29, 1.82) is 0 Å². The lowest BCUT2D eigenvalue weighted by Gasteiger charge is -2.37. The fourth-order valence-corrected chi connectivity index (χ4v) is 4.26. The van der Waals surface area contributed by atoms with Crippen LogP contribution >= 0.6 is 0 Å².